The minimum Gasteiger partial charge on any atom is -0.377 e. The molecule has 1 aromatic rings. The predicted molar refractivity (Wildman–Crippen MR) is 64.7 cm³/mol. The number of benzene rings is 1. The summed E-state index contributed by atoms with van der Waals surface area (Å²) in [6.07, 6.45) is 5.65. The summed E-state index contributed by atoms with van der Waals surface area (Å²) in [6, 6.07) is 9.19. The first-order valence-electron chi connectivity index (χ1n) is 5.19. The highest BCUT2D eigenvalue weighted by Gasteiger charge is 1.97. The van der Waals surface area contributed by atoms with Gasteiger partial charge >= 0.3 is 0 Å². The summed E-state index contributed by atoms with van der Waals surface area (Å²) >= 11 is 0. The van der Waals surface area contributed by atoms with Crippen LogP contribution in [0.1, 0.15) is 17.5 Å². The molecule has 0 N–H and O–H groups in total. The van der Waals surface area contributed by atoms with Gasteiger partial charge in [0.1, 0.15) is 0 Å². The maximum absolute atomic E-state index is 5.32. The molecule has 0 unspecified atom stereocenters. The van der Waals surface area contributed by atoms with Crippen molar-refractivity contribution in [3.05, 3.63) is 54.6 Å². The molecular formula is C14H17O. The van der Waals surface area contributed by atoms with Crippen LogP contribution in [-0.2, 0) is 11.2 Å². The van der Waals surface area contributed by atoms with Crippen molar-refractivity contribution < 1.29 is 4.74 Å². The Morgan fingerprint density at radius 2 is 2.27 bits per heavy atom. The maximum Gasteiger partial charge on any atom is 0.0644 e. The van der Waals surface area contributed by atoms with E-state index in [-0.39, 0.29) is 0 Å². The SMILES string of the molecule is C=CCOCCCc1ccc[c]c1C=C. The lowest BCUT2D eigenvalue weighted by Gasteiger charge is -2.05. The lowest BCUT2D eigenvalue weighted by Crippen LogP contribution is -1.97. The van der Waals surface area contributed by atoms with Crippen molar-refractivity contribution in [2.75, 3.05) is 13.2 Å². The molecule has 0 saturated heterocycles. The summed E-state index contributed by atoms with van der Waals surface area (Å²) in [6.45, 7) is 8.78. The van der Waals surface area contributed by atoms with E-state index in [0.717, 1.165) is 25.0 Å². The molecular weight excluding hydrogens is 184 g/mol. The lowest BCUT2D eigenvalue weighted by molar-refractivity contribution is 0.160. The van der Waals surface area contributed by atoms with Gasteiger partial charge in [-0.3, -0.25) is 0 Å². The van der Waals surface area contributed by atoms with Gasteiger partial charge in [0.05, 0.1) is 6.61 Å². The van der Waals surface area contributed by atoms with Crippen molar-refractivity contribution in [3.8, 4) is 0 Å². The highest BCUT2D eigenvalue weighted by atomic mass is 16.5. The summed E-state index contributed by atoms with van der Waals surface area (Å²) < 4.78 is 5.32. The van der Waals surface area contributed by atoms with E-state index < -0.39 is 0 Å². The highest BCUT2D eigenvalue weighted by molar-refractivity contribution is 5.50. The zero-order chi connectivity index (χ0) is 10.9. The Morgan fingerprint density at radius 1 is 1.40 bits per heavy atom. The second kappa shape index (κ2) is 7.02. The molecule has 79 valence electrons. The molecule has 0 bridgehead atoms. The number of hydrogen-bond donors (Lipinski definition) is 0. The van der Waals surface area contributed by atoms with Crippen LogP contribution in [0.25, 0.3) is 6.08 Å². The van der Waals surface area contributed by atoms with Crippen molar-refractivity contribution in [1.82, 2.24) is 0 Å². The molecule has 0 fully saturated rings. The third kappa shape index (κ3) is 4.13. The third-order valence-electron chi connectivity index (χ3n) is 2.15. The Labute approximate surface area is 92.1 Å². The summed E-state index contributed by atoms with van der Waals surface area (Å²) in [5, 5.41) is 0. The molecule has 0 spiro atoms. The van der Waals surface area contributed by atoms with E-state index in [1.807, 2.05) is 18.2 Å². The molecule has 1 rings (SSSR count). The molecule has 0 aliphatic carbocycles. The first kappa shape index (κ1) is 11.7. The molecule has 15 heavy (non-hydrogen) atoms. The van der Waals surface area contributed by atoms with Crippen LogP contribution < -0.4 is 0 Å². The van der Waals surface area contributed by atoms with Crippen molar-refractivity contribution in [1.29, 1.82) is 0 Å². The van der Waals surface area contributed by atoms with Gasteiger partial charge in [0, 0.05) is 6.61 Å². The van der Waals surface area contributed by atoms with Crippen molar-refractivity contribution in [2.24, 2.45) is 0 Å². The van der Waals surface area contributed by atoms with Gasteiger partial charge in [0.2, 0.25) is 0 Å². The lowest BCUT2D eigenvalue weighted by atomic mass is 10.0. The fourth-order valence-corrected chi connectivity index (χ4v) is 1.42. The Bertz CT molecular complexity index is 315. The third-order valence-corrected chi connectivity index (χ3v) is 2.15. The van der Waals surface area contributed by atoms with E-state index in [0.29, 0.717) is 6.61 Å². The molecule has 0 heterocycles. The van der Waals surface area contributed by atoms with E-state index in [1.165, 1.54) is 5.56 Å². The smallest absolute Gasteiger partial charge is 0.0644 e. The van der Waals surface area contributed by atoms with Gasteiger partial charge in [-0.2, -0.15) is 0 Å². The van der Waals surface area contributed by atoms with Gasteiger partial charge < -0.3 is 4.74 Å². The highest BCUT2D eigenvalue weighted by Crippen LogP contribution is 2.11. The average molecular weight is 201 g/mol. The van der Waals surface area contributed by atoms with E-state index in [9.17, 15) is 0 Å². The Kier molecular flexibility index (Phi) is 5.49. The van der Waals surface area contributed by atoms with Gasteiger partial charge in [0.25, 0.3) is 0 Å². The summed E-state index contributed by atoms with van der Waals surface area (Å²) in [4.78, 5) is 0. The number of rotatable bonds is 7. The van der Waals surface area contributed by atoms with Crippen LogP contribution in [0.5, 0.6) is 0 Å². The van der Waals surface area contributed by atoms with Crippen LogP contribution in [0, 0.1) is 6.07 Å². The quantitative estimate of drug-likeness (QED) is 0.486. The Morgan fingerprint density at radius 3 is 3.00 bits per heavy atom. The molecule has 1 radical (unpaired) electrons. The van der Waals surface area contributed by atoms with E-state index in [1.54, 1.807) is 6.08 Å². The van der Waals surface area contributed by atoms with Gasteiger partial charge in [-0.05, 0) is 30.0 Å². The zero-order valence-electron chi connectivity index (χ0n) is 9.04. The second-order valence-corrected chi connectivity index (χ2v) is 3.28. The molecule has 0 aromatic heterocycles. The van der Waals surface area contributed by atoms with Gasteiger partial charge in [-0.15, -0.1) is 6.58 Å². The number of ether oxygens (including phenoxy) is 1. The van der Waals surface area contributed by atoms with Crippen LogP contribution >= 0.6 is 0 Å². The number of aryl methyl sites for hydroxylation is 1. The standard InChI is InChI=1S/C14H17O/c1-3-11-15-12-7-10-14-9-6-5-8-13(14)4-2/h3-6,9H,1-2,7,10-12H2. The van der Waals surface area contributed by atoms with Crippen LogP contribution in [0.4, 0.5) is 0 Å². The van der Waals surface area contributed by atoms with E-state index in [2.05, 4.69) is 25.3 Å². The molecule has 1 nitrogen and oxygen atoms in total. The summed E-state index contributed by atoms with van der Waals surface area (Å²) in [7, 11) is 0. The van der Waals surface area contributed by atoms with Crippen LogP contribution in [0.2, 0.25) is 0 Å². The molecule has 1 aromatic carbocycles. The minimum atomic E-state index is 0.634. The summed E-state index contributed by atoms with van der Waals surface area (Å²) in [5.41, 5.74) is 2.39. The van der Waals surface area contributed by atoms with E-state index >= 15 is 0 Å². The van der Waals surface area contributed by atoms with E-state index in [4.69, 9.17) is 4.74 Å². The van der Waals surface area contributed by atoms with Crippen molar-refractivity contribution in [3.63, 3.8) is 0 Å². The van der Waals surface area contributed by atoms with Crippen molar-refractivity contribution >= 4 is 6.08 Å². The van der Waals surface area contributed by atoms with Gasteiger partial charge in [-0.1, -0.05) is 36.9 Å². The monoisotopic (exact) mass is 201 g/mol. The van der Waals surface area contributed by atoms with Crippen LogP contribution in [0.15, 0.2) is 37.4 Å². The largest absolute Gasteiger partial charge is 0.377 e. The molecule has 0 saturated carbocycles. The Hall–Kier alpha value is -1.34. The van der Waals surface area contributed by atoms with Gasteiger partial charge in [0.15, 0.2) is 0 Å². The van der Waals surface area contributed by atoms with Crippen molar-refractivity contribution in [2.45, 2.75) is 12.8 Å². The Balaban J connectivity index is 2.36. The zero-order valence-corrected chi connectivity index (χ0v) is 9.04. The first-order valence-corrected chi connectivity index (χ1v) is 5.19. The number of hydrogen-bond acceptors (Lipinski definition) is 1. The van der Waals surface area contributed by atoms with Gasteiger partial charge in [-0.25, -0.2) is 0 Å². The minimum absolute atomic E-state index is 0.634. The predicted octanol–water partition coefficient (Wildman–Crippen LogP) is 3.26. The first-order chi connectivity index (χ1) is 7.38. The fourth-order valence-electron chi connectivity index (χ4n) is 1.42. The second-order valence-electron chi connectivity index (χ2n) is 3.28. The molecule has 0 amide bonds. The molecule has 1 heteroatoms. The molecule has 0 atom stereocenters. The van der Waals surface area contributed by atoms with Crippen LogP contribution in [-0.4, -0.2) is 13.2 Å². The fraction of sp³-hybridized carbons (Fsp3) is 0.286. The molecule has 0 aliphatic heterocycles. The summed E-state index contributed by atoms with van der Waals surface area (Å²) in [5.74, 6) is 0. The van der Waals surface area contributed by atoms with Crippen LogP contribution in [0.3, 0.4) is 0 Å². The molecule has 0 aliphatic rings. The topological polar surface area (TPSA) is 9.23 Å². The normalized spacial score (nSPS) is 9.87. The average Bonchev–Trinajstić information content (AvgIpc) is 2.29. The maximum atomic E-state index is 5.32.